The molecule has 6 heteroatoms. The molecule has 4 nitrogen and oxygen atoms in total. The summed E-state index contributed by atoms with van der Waals surface area (Å²) in [5.74, 6) is -0.119. The van der Waals surface area contributed by atoms with Crippen LogP contribution in [0.25, 0.3) is 0 Å². The molecular formula is C21H18Cl2N2O2. The molecule has 1 aliphatic carbocycles. The van der Waals surface area contributed by atoms with Gasteiger partial charge in [-0.15, -0.1) is 0 Å². The number of rotatable bonds is 1. The summed E-state index contributed by atoms with van der Waals surface area (Å²) in [7, 11) is 0. The van der Waals surface area contributed by atoms with Gasteiger partial charge in [-0.2, -0.15) is 0 Å². The van der Waals surface area contributed by atoms with Crippen molar-refractivity contribution in [2.24, 2.45) is 0 Å². The molecule has 0 spiro atoms. The molecule has 27 heavy (non-hydrogen) atoms. The lowest BCUT2D eigenvalue weighted by Gasteiger charge is -2.33. The number of carbonyl (C=O) groups excluding carboxylic acids is 2. The van der Waals surface area contributed by atoms with Crippen molar-refractivity contribution < 1.29 is 9.59 Å². The molecular weight excluding hydrogens is 383 g/mol. The summed E-state index contributed by atoms with van der Waals surface area (Å²) in [6.07, 6.45) is 2.00. The number of hydrogen-bond acceptors (Lipinski definition) is 3. The van der Waals surface area contributed by atoms with Gasteiger partial charge in [0.25, 0.3) is 0 Å². The monoisotopic (exact) mass is 400 g/mol. The Morgan fingerprint density at radius 3 is 2.67 bits per heavy atom. The first-order valence-electron chi connectivity index (χ1n) is 8.84. The summed E-state index contributed by atoms with van der Waals surface area (Å²) in [4.78, 5) is 27.4. The van der Waals surface area contributed by atoms with E-state index in [0.717, 1.165) is 29.9 Å². The lowest BCUT2D eigenvalue weighted by molar-refractivity contribution is -0.117. The maximum Gasteiger partial charge on any atom is 0.224 e. The highest BCUT2D eigenvalue weighted by atomic mass is 35.5. The second kappa shape index (κ2) is 7.02. The number of Topliss-reactive ketones (excluding diaryl/α,β-unsaturated/α-hetero) is 1. The van der Waals surface area contributed by atoms with Gasteiger partial charge in [-0.3, -0.25) is 14.5 Å². The summed E-state index contributed by atoms with van der Waals surface area (Å²) in [6, 6.07) is 12.2. The third-order valence-electron chi connectivity index (χ3n) is 5.03. The first-order valence-corrected chi connectivity index (χ1v) is 9.60. The number of ketones is 1. The SMILES string of the molecule is CC(=O)N1c2ccccc2NC2=C(C(=O)CCC2)[C@H]1c1ccc(Cl)cc1Cl. The maximum absolute atomic E-state index is 13.0. The van der Waals surface area contributed by atoms with Gasteiger partial charge >= 0.3 is 0 Å². The van der Waals surface area contributed by atoms with Crippen molar-refractivity contribution in [3.63, 3.8) is 0 Å². The van der Waals surface area contributed by atoms with Gasteiger partial charge in [0, 0.05) is 34.7 Å². The Hall–Kier alpha value is -2.30. The number of halogens is 2. The highest BCUT2D eigenvalue weighted by molar-refractivity contribution is 6.35. The number of nitrogens with one attached hydrogen (secondary N) is 1. The van der Waals surface area contributed by atoms with Crippen LogP contribution < -0.4 is 10.2 Å². The van der Waals surface area contributed by atoms with E-state index in [1.807, 2.05) is 24.3 Å². The van der Waals surface area contributed by atoms with E-state index in [1.54, 1.807) is 23.1 Å². The average Bonchev–Trinajstić information content (AvgIpc) is 2.76. The third-order valence-corrected chi connectivity index (χ3v) is 5.60. The summed E-state index contributed by atoms with van der Waals surface area (Å²) >= 11 is 12.6. The number of para-hydroxylation sites is 2. The molecule has 1 heterocycles. The maximum atomic E-state index is 13.0. The van der Waals surface area contributed by atoms with Crippen LogP contribution in [-0.4, -0.2) is 11.7 Å². The first kappa shape index (κ1) is 18.1. The van der Waals surface area contributed by atoms with E-state index in [0.29, 0.717) is 27.6 Å². The molecule has 0 radical (unpaired) electrons. The van der Waals surface area contributed by atoms with Gasteiger partial charge in [0.2, 0.25) is 5.91 Å². The van der Waals surface area contributed by atoms with Crippen LogP contribution in [0.4, 0.5) is 11.4 Å². The summed E-state index contributed by atoms with van der Waals surface area (Å²) in [5.41, 5.74) is 3.69. The number of fused-ring (bicyclic) bond motifs is 1. The fraction of sp³-hybridized carbons (Fsp3) is 0.238. The van der Waals surface area contributed by atoms with E-state index in [4.69, 9.17) is 23.2 Å². The predicted octanol–water partition coefficient (Wildman–Crippen LogP) is 5.52. The molecule has 4 rings (SSSR count). The molecule has 0 saturated carbocycles. The molecule has 2 aromatic carbocycles. The predicted molar refractivity (Wildman–Crippen MR) is 108 cm³/mol. The Morgan fingerprint density at radius 1 is 1.15 bits per heavy atom. The molecule has 1 aliphatic heterocycles. The Morgan fingerprint density at radius 2 is 1.93 bits per heavy atom. The van der Waals surface area contributed by atoms with Gasteiger partial charge in [0.1, 0.15) is 0 Å². The van der Waals surface area contributed by atoms with Crippen LogP contribution in [0.1, 0.15) is 37.8 Å². The lowest BCUT2D eigenvalue weighted by Crippen LogP contribution is -2.36. The number of hydrogen-bond donors (Lipinski definition) is 1. The zero-order valence-electron chi connectivity index (χ0n) is 14.8. The van der Waals surface area contributed by atoms with Crippen molar-refractivity contribution >= 4 is 46.3 Å². The van der Waals surface area contributed by atoms with Crippen molar-refractivity contribution in [3.8, 4) is 0 Å². The molecule has 138 valence electrons. The Kier molecular flexibility index (Phi) is 4.70. The first-order chi connectivity index (χ1) is 13.0. The fourth-order valence-electron chi connectivity index (χ4n) is 3.90. The van der Waals surface area contributed by atoms with E-state index in [-0.39, 0.29) is 11.7 Å². The fourth-order valence-corrected chi connectivity index (χ4v) is 4.41. The Bertz CT molecular complexity index is 984. The van der Waals surface area contributed by atoms with E-state index in [1.165, 1.54) is 6.92 Å². The zero-order valence-corrected chi connectivity index (χ0v) is 16.3. The normalized spacial score (nSPS) is 19.1. The number of amides is 1. The third kappa shape index (κ3) is 3.13. The van der Waals surface area contributed by atoms with Crippen molar-refractivity contribution in [1.29, 1.82) is 0 Å². The van der Waals surface area contributed by atoms with Gasteiger partial charge in [-0.1, -0.05) is 41.4 Å². The molecule has 1 amide bonds. The largest absolute Gasteiger partial charge is 0.357 e. The molecule has 0 aromatic heterocycles. The summed E-state index contributed by atoms with van der Waals surface area (Å²) in [6.45, 7) is 1.51. The Balaban J connectivity index is 2.03. The highest BCUT2D eigenvalue weighted by Crippen LogP contribution is 2.46. The van der Waals surface area contributed by atoms with Crippen molar-refractivity contribution in [3.05, 3.63) is 69.3 Å². The minimum absolute atomic E-state index is 0.0406. The lowest BCUT2D eigenvalue weighted by atomic mass is 9.86. The molecule has 0 bridgehead atoms. The van der Waals surface area contributed by atoms with Crippen LogP contribution in [0.5, 0.6) is 0 Å². The highest BCUT2D eigenvalue weighted by Gasteiger charge is 2.39. The van der Waals surface area contributed by atoms with Gasteiger partial charge in [0.05, 0.1) is 17.4 Å². The second-order valence-electron chi connectivity index (χ2n) is 6.77. The molecule has 1 atom stereocenters. The zero-order chi connectivity index (χ0) is 19.1. The molecule has 1 N–H and O–H groups in total. The molecule has 0 unspecified atom stereocenters. The Labute approximate surface area is 167 Å². The van der Waals surface area contributed by atoms with Crippen LogP contribution in [0.3, 0.4) is 0 Å². The average molecular weight is 401 g/mol. The van der Waals surface area contributed by atoms with Gasteiger partial charge in [0.15, 0.2) is 5.78 Å². The van der Waals surface area contributed by atoms with Crippen LogP contribution >= 0.6 is 23.2 Å². The van der Waals surface area contributed by atoms with Gasteiger partial charge in [-0.05, 0) is 42.7 Å². The minimum atomic E-state index is -0.591. The molecule has 2 aromatic rings. The van der Waals surface area contributed by atoms with Crippen LogP contribution in [-0.2, 0) is 9.59 Å². The van der Waals surface area contributed by atoms with Gasteiger partial charge < -0.3 is 5.32 Å². The summed E-state index contributed by atoms with van der Waals surface area (Å²) in [5, 5.41) is 4.35. The van der Waals surface area contributed by atoms with Crippen LogP contribution in [0.2, 0.25) is 10.0 Å². The number of allylic oxidation sites excluding steroid dienone is 1. The molecule has 2 aliphatic rings. The molecule has 0 fully saturated rings. The summed E-state index contributed by atoms with van der Waals surface area (Å²) < 4.78 is 0. The number of nitrogens with zero attached hydrogens (tertiary/aromatic N) is 1. The van der Waals surface area contributed by atoms with Crippen molar-refractivity contribution in [2.75, 3.05) is 10.2 Å². The van der Waals surface area contributed by atoms with E-state index in [9.17, 15) is 9.59 Å². The van der Waals surface area contributed by atoms with Crippen molar-refractivity contribution in [1.82, 2.24) is 0 Å². The van der Waals surface area contributed by atoms with Crippen molar-refractivity contribution in [2.45, 2.75) is 32.2 Å². The quantitative estimate of drug-likeness (QED) is 0.685. The topological polar surface area (TPSA) is 49.4 Å². The number of carbonyl (C=O) groups is 2. The smallest absolute Gasteiger partial charge is 0.224 e. The van der Waals surface area contributed by atoms with Crippen LogP contribution in [0, 0.1) is 0 Å². The van der Waals surface area contributed by atoms with Crippen LogP contribution in [0.15, 0.2) is 53.7 Å². The minimum Gasteiger partial charge on any atom is -0.357 e. The van der Waals surface area contributed by atoms with E-state index < -0.39 is 6.04 Å². The molecule has 0 saturated heterocycles. The number of benzene rings is 2. The second-order valence-corrected chi connectivity index (χ2v) is 7.61. The van der Waals surface area contributed by atoms with E-state index >= 15 is 0 Å². The standard InChI is InChI=1S/C21H18Cl2N2O2/c1-12(26)25-18-7-3-2-5-16(18)24-17-6-4-8-19(27)20(17)21(25)14-10-9-13(22)11-15(14)23/h2-3,5,7,9-11,21,24H,4,6,8H2,1H3/t21-/m1/s1. The number of anilines is 2. The van der Waals surface area contributed by atoms with E-state index in [2.05, 4.69) is 5.32 Å². The van der Waals surface area contributed by atoms with Gasteiger partial charge in [-0.25, -0.2) is 0 Å².